The molecule has 0 radical (unpaired) electrons. The summed E-state index contributed by atoms with van der Waals surface area (Å²) in [6, 6.07) is 0. The average Bonchev–Trinajstić information content (AvgIpc) is 1.59. The van der Waals surface area contributed by atoms with Gasteiger partial charge in [0.05, 0.1) is 3.23 Å². The second kappa shape index (κ2) is 2.57. The van der Waals surface area contributed by atoms with Gasteiger partial charge >= 0.3 is 20.8 Å². The van der Waals surface area contributed by atoms with E-state index in [1.165, 1.54) is 0 Å². The van der Waals surface area contributed by atoms with Crippen molar-refractivity contribution in [3.63, 3.8) is 0 Å². The van der Waals surface area contributed by atoms with Gasteiger partial charge in [0.1, 0.15) is 0 Å². The van der Waals surface area contributed by atoms with E-state index in [0.29, 0.717) is 0 Å². The zero-order valence-electron chi connectivity index (χ0n) is 4.03. The first-order chi connectivity index (χ1) is 4.15. The molecule has 0 amide bonds. The molecule has 0 unspecified atom stereocenters. The van der Waals surface area contributed by atoms with Crippen LogP contribution in [0.25, 0.3) is 0 Å². The number of hydrogen-bond acceptors (Lipinski definition) is 4. The highest BCUT2D eigenvalue weighted by Crippen LogP contribution is 2.13. The zero-order chi connectivity index (χ0) is 8.58. The number of rotatable bonds is 2. The minimum absolute atomic E-state index is 1.54. The summed E-state index contributed by atoms with van der Waals surface area (Å²) < 4.78 is 59.3. The molecule has 0 aromatic heterocycles. The molecule has 5 nitrogen and oxygen atoms in total. The van der Waals surface area contributed by atoms with E-state index in [2.05, 4.69) is 11.8 Å². The number of nitrogens with zero attached hydrogens (tertiary/aromatic N) is 1. The van der Waals surface area contributed by atoms with Crippen LogP contribution in [0.3, 0.4) is 0 Å². The summed E-state index contributed by atoms with van der Waals surface area (Å²) in [4.78, 5) is 0. The SMILES string of the molecule is O=S(=O)(F)N(Cl)S(=O)(=O)F. The van der Waals surface area contributed by atoms with E-state index in [9.17, 15) is 24.6 Å². The Balaban J connectivity index is 4.94. The largest absolute Gasteiger partial charge is 0.404 e. The van der Waals surface area contributed by atoms with Gasteiger partial charge in [0.25, 0.3) is 0 Å². The van der Waals surface area contributed by atoms with Gasteiger partial charge in [-0.3, -0.25) is 0 Å². The molecule has 0 aromatic carbocycles. The van der Waals surface area contributed by atoms with E-state index < -0.39 is 24.0 Å². The third kappa shape index (κ3) is 2.73. The van der Waals surface area contributed by atoms with E-state index in [4.69, 9.17) is 0 Å². The molecule has 0 fully saturated rings. The lowest BCUT2D eigenvalue weighted by Gasteiger charge is -1.98. The average molecular weight is 216 g/mol. The quantitative estimate of drug-likeness (QED) is 0.475. The van der Waals surface area contributed by atoms with Crippen LogP contribution in [0.2, 0.25) is 0 Å². The Labute approximate surface area is 61.0 Å². The Kier molecular flexibility index (Phi) is 2.57. The molecule has 0 bridgehead atoms. The van der Waals surface area contributed by atoms with Crippen molar-refractivity contribution in [2.24, 2.45) is 0 Å². The fourth-order valence-electron chi connectivity index (χ4n) is 0.106. The van der Waals surface area contributed by atoms with Gasteiger partial charge < -0.3 is 0 Å². The van der Waals surface area contributed by atoms with Crippen LogP contribution in [0.15, 0.2) is 0 Å². The summed E-state index contributed by atoms with van der Waals surface area (Å²) in [6.45, 7) is 0. The molecule has 0 rings (SSSR count). The van der Waals surface area contributed by atoms with Gasteiger partial charge in [-0.15, -0.1) is 0 Å². The highest BCUT2D eigenvalue weighted by Gasteiger charge is 2.32. The lowest BCUT2D eigenvalue weighted by atomic mass is 13.8. The molecule has 62 valence electrons. The van der Waals surface area contributed by atoms with Crippen LogP contribution in [-0.2, 0) is 20.8 Å². The second-order valence-electron chi connectivity index (χ2n) is 1.04. The predicted molar refractivity (Wildman–Crippen MR) is 27.7 cm³/mol. The summed E-state index contributed by atoms with van der Waals surface area (Å²) in [5, 5.41) is 0. The Morgan fingerprint density at radius 1 is 1.00 bits per heavy atom. The van der Waals surface area contributed by atoms with Crippen LogP contribution >= 0.6 is 11.8 Å². The van der Waals surface area contributed by atoms with Crippen LogP contribution in [0.5, 0.6) is 0 Å². The molecular weight excluding hydrogens is 216 g/mol. The van der Waals surface area contributed by atoms with Gasteiger partial charge in [0.15, 0.2) is 0 Å². The molecule has 10 heavy (non-hydrogen) atoms. The molecule has 0 aliphatic carbocycles. The second-order valence-corrected chi connectivity index (χ2v) is 4.39. The van der Waals surface area contributed by atoms with Crippen LogP contribution in [0.4, 0.5) is 7.77 Å². The highest BCUT2D eigenvalue weighted by molar-refractivity contribution is 8.00. The Bertz CT molecular complexity index is 270. The Hall–Kier alpha value is 0.01000. The van der Waals surface area contributed by atoms with Gasteiger partial charge in [-0.1, -0.05) is 7.77 Å². The molecule has 0 saturated carbocycles. The Morgan fingerprint density at radius 3 is 1.20 bits per heavy atom. The first-order valence-corrected chi connectivity index (χ1v) is 4.53. The molecule has 0 aliphatic rings. The molecule has 0 saturated heterocycles. The van der Waals surface area contributed by atoms with Crippen molar-refractivity contribution in [3.8, 4) is 0 Å². The van der Waals surface area contributed by atoms with E-state index in [1.54, 1.807) is 0 Å². The fraction of sp³-hybridized carbons (Fsp3) is 0. The lowest BCUT2D eigenvalue weighted by Crippen LogP contribution is -2.21. The van der Waals surface area contributed by atoms with E-state index in [1.807, 2.05) is 0 Å². The first-order valence-electron chi connectivity index (χ1n) is 1.51. The van der Waals surface area contributed by atoms with Crippen LogP contribution in [0, 0.1) is 0 Å². The van der Waals surface area contributed by atoms with Crippen molar-refractivity contribution >= 4 is 32.6 Å². The first kappa shape index (κ1) is 10.0. The van der Waals surface area contributed by atoms with Gasteiger partial charge in [-0.05, 0) is 0 Å². The monoisotopic (exact) mass is 215 g/mol. The number of hydrogen-bond donors (Lipinski definition) is 0. The van der Waals surface area contributed by atoms with Crippen molar-refractivity contribution < 1.29 is 24.6 Å². The van der Waals surface area contributed by atoms with Crippen LogP contribution < -0.4 is 0 Å². The highest BCUT2D eigenvalue weighted by atomic mass is 35.5. The maximum absolute atomic E-state index is 11.4. The van der Waals surface area contributed by atoms with Crippen molar-refractivity contribution in [3.05, 3.63) is 0 Å². The van der Waals surface area contributed by atoms with Crippen molar-refractivity contribution in [2.45, 2.75) is 0 Å². The molecule has 0 spiro atoms. The molecule has 0 atom stereocenters. The molecule has 0 N–H and O–H groups in total. The summed E-state index contributed by atoms with van der Waals surface area (Å²) in [5.74, 6) is 0. The zero-order valence-corrected chi connectivity index (χ0v) is 6.42. The van der Waals surface area contributed by atoms with E-state index in [0.717, 1.165) is 0 Å². The molecule has 10 heteroatoms. The third-order valence-corrected chi connectivity index (χ3v) is 3.09. The smallest absolute Gasteiger partial charge is 0.174 e. The van der Waals surface area contributed by atoms with Gasteiger partial charge in [-0.2, -0.15) is 16.8 Å². The normalized spacial score (nSPS) is 14.0. The minimum atomic E-state index is -5.72. The van der Waals surface area contributed by atoms with E-state index >= 15 is 0 Å². The summed E-state index contributed by atoms with van der Waals surface area (Å²) in [7, 11) is -11.4. The van der Waals surface area contributed by atoms with Gasteiger partial charge in [0.2, 0.25) is 0 Å². The van der Waals surface area contributed by atoms with Crippen molar-refractivity contribution in [1.29, 1.82) is 0 Å². The third-order valence-electron chi connectivity index (χ3n) is 0.343. The van der Waals surface area contributed by atoms with Gasteiger partial charge in [0, 0.05) is 11.8 Å². The maximum atomic E-state index is 11.4. The molecule has 0 heterocycles. The maximum Gasteiger partial charge on any atom is 0.404 e. The molecule has 0 aliphatic heterocycles. The topological polar surface area (TPSA) is 71.5 Å². The predicted octanol–water partition coefficient (Wildman–Crippen LogP) is -0.129. The fourth-order valence-corrected chi connectivity index (χ4v) is 0.957. The minimum Gasteiger partial charge on any atom is -0.174 e. The lowest BCUT2D eigenvalue weighted by molar-refractivity contribution is 0.498. The summed E-state index contributed by atoms with van der Waals surface area (Å²) in [5.41, 5.74) is 0. The summed E-state index contributed by atoms with van der Waals surface area (Å²) in [6.07, 6.45) is 0. The standard InChI is InChI=1S/ClF2NO4S2/c1-4(9(2,5)6)10(3,7)8. The molecular formula is ClF2NO4S2. The van der Waals surface area contributed by atoms with Crippen LogP contribution in [-0.4, -0.2) is 20.1 Å². The number of halogens is 3. The summed E-state index contributed by atoms with van der Waals surface area (Å²) >= 11 is 4.14. The molecule has 0 aromatic rings. The van der Waals surface area contributed by atoms with Crippen molar-refractivity contribution in [1.82, 2.24) is 3.23 Å². The van der Waals surface area contributed by atoms with Gasteiger partial charge in [-0.25, -0.2) is 0 Å². The Morgan fingerprint density at radius 2 is 1.20 bits per heavy atom. The van der Waals surface area contributed by atoms with Crippen molar-refractivity contribution in [2.75, 3.05) is 0 Å². The van der Waals surface area contributed by atoms with E-state index in [-0.39, 0.29) is 0 Å². The van der Waals surface area contributed by atoms with Crippen LogP contribution in [0.1, 0.15) is 0 Å².